The molecule has 1 N–H and O–H groups in total. The number of hydrogen-bond acceptors (Lipinski definition) is 1. The molecular formula is C17H17BrClN. The van der Waals surface area contributed by atoms with E-state index in [1.807, 2.05) is 6.07 Å². The molecule has 1 unspecified atom stereocenters. The third-order valence-electron chi connectivity index (χ3n) is 3.87. The summed E-state index contributed by atoms with van der Waals surface area (Å²) in [5, 5.41) is 4.46. The SMILES string of the molecule is Clc1cc(Br)c2c(c1)CCC(CCc1ccccc1)N2. The predicted molar refractivity (Wildman–Crippen MR) is 89.6 cm³/mol. The van der Waals surface area contributed by atoms with Crippen molar-refractivity contribution in [2.45, 2.75) is 31.7 Å². The number of aryl methyl sites for hydroxylation is 2. The first-order chi connectivity index (χ1) is 9.72. The second-order valence-corrected chi connectivity index (χ2v) is 6.62. The predicted octanol–water partition coefficient (Wildman–Crippen LogP) is 5.46. The number of benzene rings is 2. The van der Waals surface area contributed by atoms with Gasteiger partial charge in [-0.15, -0.1) is 0 Å². The van der Waals surface area contributed by atoms with E-state index in [-0.39, 0.29) is 0 Å². The minimum absolute atomic E-state index is 0.542. The molecule has 1 atom stereocenters. The number of anilines is 1. The Morgan fingerprint density at radius 3 is 2.80 bits per heavy atom. The maximum absolute atomic E-state index is 6.10. The zero-order chi connectivity index (χ0) is 13.9. The van der Waals surface area contributed by atoms with Gasteiger partial charge in [-0.05, 0) is 64.9 Å². The zero-order valence-corrected chi connectivity index (χ0v) is 13.5. The van der Waals surface area contributed by atoms with Gasteiger partial charge in [0, 0.05) is 15.5 Å². The van der Waals surface area contributed by atoms with Crippen molar-refractivity contribution in [3.8, 4) is 0 Å². The van der Waals surface area contributed by atoms with E-state index in [1.165, 1.54) is 29.7 Å². The highest BCUT2D eigenvalue weighted by atomic mass is 79.9. The van der Waals surface area contributed by atoms with E-state index in [1.54, 1.807) is 0 Å². The molecule has 0 saturated heterocycles. The molecule has 0 bridgehead atoms. The van der Waals surface area contributed by atoms with Crippen molar-refractivity contribution in [3.05, 3.63) is 63.1 Å². The van der Waals surface area contributed by atoms with Gasteiger partial charge in [0.25, 0.3) is 0 Å². The zero-order valence-electron chi connectivity index (χ0n) is 11.2. The summed E-state index contributed by atoms with van der Waals surface area (Å²) in [7, 11) is 0. The topological polar surface area (TPSA) is 12.0 Å². The third-order valence-corrected chi connectivity index (χ3v) is 4.72. The Labute approximate surface area is 133 Å². The summed E-state index contributed by atoms with van der Waals surface area (Å²) in [6.45, 7) is 0. The monoisotopic (exact) mass is 349 g/mol. The van der Waals surface area contributed by atoms with E-state index in [9.17, 15) is 0 Å². The van der Waals surface area contributed by atoms with E-state index in [0.29, 0.717) is 6.04 Å². The molecule has 20 heavy (non-hydrogen) atoms. The molecule has 0 fully saturated rings. The van der Waals surface area contributed by atoms with Crippen molar-refractivity contribution in [1.82, 2.24) is 0 Å². The van der Waals surface area contributed by atoms with Crippen molar-refractivity contribution in [1.29, 1.82) is 0 Å². The molecule has 0 radical (unpaired) electrons. The van der Waals surface area contributed by atoms with Crippen LogP contribution < -0.4 is 5.32 Å². The standard InChI is InChI=1S/C17H17BrClN/c18-16-11-14(19)10-13-7-9-15(20-17(13)16)8-6-12-4-2-1-3-5-12/h1-5,10-11,15,20H,6-9H2. The molecule has 3 rings (SSSR count). The highest BCUT2D eigenvalue weighted by Crippen LogP contribution is 2.35. The summed E-state index contributed by atoms with van der Waals surface area (Å²) in [6.07, 6.45) is 4.56. The first-order valence-corrected chi connectivity index (χ1v) is 8.18. The van der Waals surface area contributed by atoms with E-state index in [4.69, 9.17) is 11.6 Å². The van der Waals surface area contributed by atoms with Gasteiger partial charge in [0.2, 0.25) is 0 Å². The number of rotatable bonds is 3. The van der Waals surface area contributed by atoms with Crippen molar-refractivity contribution < 1.29 is 0 Å². The minimum atomic E-state index is 0.542. The van der Waals surface area contributed by atoms with Gasteiger partial charge in [-0.1, -0.05) is 41.9 Å². The molecule has 1 nitrogen and oxygen atoms in total. The molecule has 1 heterocycles. The number of nitrogens with one attached hydrogen (secondary N) is 1. The first-order valence-electron chi connectivity index (χ1n) is 7.01. The van der Waals surface area contributed by atoms with Crippen LogP contribution in [0.2, 0.25) is 5.02 Å². The highest BCUT2D eigenvalue weighted by molar-refractivity contribution is 9.10. The fourth-order valence-electron chi connectivity index (χ4n) is 2.79. The summed E-state index contributed by atoms with van der Waals surface area (Å²) >= 11 is 9.71. The van der Waals surface area contributed by atoms with Gasteiger partial charge in [-0.3, -0.25) is 0 Å². The lowest BCUT2D eigenvalue weighted by atomic mass is 9.94. The van der Waals surface area contributed by atoms with Crippen LogP contribution in [0.3, 0.4) is 0 Å². The molecule has 3 heteroatoms. The van der Waals surface area contributed by atoms with Crippen LogP contribution in [0.4, 0.5) is 5.69 Å². The Hall–Kier alpha value is -0.990. The largest absolute Gasteiger partial charge is 0.381 e. The molecule has 1 aliphatic rings. The third kappa shape index (κ3) is 3.18. The summed E-state index contributed by atoms with van der Waals surface area (Å²) in [4.78, 5) is 0. The highest BCUT2D eigenvalue weighted by Gasteiger charge is 2.20. The van der Waals surface area contributed by atoms with E-state index < -0.39 is 0 Å². The normalized spacial score (nSPS) is 17.4. The smallest absolute Gasteiger partial charge is 0.0520 e. The molecular weight excluding hydrogens is 334 g/mol. The van der Waals surface area contributed by atoms with Crippen LogP contribution in [0.15, 0.2) is 46.9 Å². The van der Waals surface area contributed by atoms with Crippen LogP contribution in [0, 0.1) is 0 Å². The summed E-state index contributed by atoms with van der Waals surface area (Å²) in [6, 6.07) is 15.3. The molecule has 0 amide bonds. The van der Waals surface area contributed by atoms with Gasteiger partial charge in [-0.25, -0.2) is 0 Å². The van der Waals surface area contributed by atoms with E-state index in [0.717, 1.165) is 22.3 Å². The van der Waals surface area contributed by atoms with Crippen molar-refractivity contribution in [2.75, 3.05) is 5.32 Å². The molecule has 1 aliphatic heterocycles. The van der Waals surface area contributed by atoms with Gasteiger partial charge < -0.3 is 5.32 Å². The number of halogens is 2. The van der Waals surface area contributed by atoms with E-state index >= 15 is 0 Å². The molecule has 2 aromatic rings. The Bertz CT molecular complexity index is 597. The summed E-state index contributed by atoms with van der Waals surface area (Å²) in [5.41, 5.74) is 3.95. The van der Waals surface area contributed by atoms with Gasteiger partial charge in [0.15, 0.2) is 0 Å². The fourth-order valence-corrected chi connectivity index (χ4v) is 3.78. The second kappa shape index (κ2) is 6.19. The molecule has 0 saturated carbocycles. The average Bonchev–Trinajstić information content (AvgIpc) is 2.46. The van der Waals surface area contributed by atoms with Crippen molar-refractivity contribution in [2.24, 2.45) is 0 Å². The molecule has 0 spiro atoms. The summed E-state index contributed by atoms with van der Waals surface area (Å²) in [5.74, 6) is 0. The average molecular weight is 351 g/mol. The summed E-state index contributed by atoms with van der Waals surface area (Å²) < 4.78 is 1.07. The quantitative estimate of drug-likeness (QED) is 0.775. The molecule has 104 valence electrons. The van der Waals surface area contributed by atoms with Crippen LogP contribution in [0.25, 0.3) is 0 Å². The van der Waals surface area contributed by atoms with Crippen LogP contribution in [0.1, 0.15) is 24.0 Å². The maximum Gasteiger partial charge on any atom is 0.0520 e. The van der Waals surface area contributed by atoms with Gasteiger partial charge in [0.1, 0.15) is 0 Å². The fraction of sp³-hybridized carbons (Fsp3) is 0.294. The van der Waals surface area contributed by atoms with Crippen molar-refractivity contribution >= 4 is 33.2 Å². The number of hydrogen-bond donors (Lipinski definition) is 1. The lowest BCUT2D eigenvalue weighted by Crippen LogP contribution is -2.26. The Morgan fingerprint density at radius 2 is 2.00 bits per heavy atom. The van der Waals surface area contributed by atoms with Crippen LogP contribution in [-0.4, -0.2) is 6.04 Å². The first kappa shape index (κ1) is 14.0. The minimum Gasteiger partial charge on any atom is -0.381 e. The molecule has 0 aromatic heterocycles. The van der Waals surface area contributed by atoms with Crippen LogP contribution >= 0.6 is 27.5 Å². The maximum atomic E-state index is 6.10. The van der Waals surface area contributed by atoms with Gasteiger partial charge in [-0.2, -0.15) is 0 Å². The second-order valence-electron chi connectivity index (χ2n) is 5.33. The van der Waals surface area contributed by atoms with Crippen LogP contribution in [0.5, 0.6) is 0 Å². The Morgan fingerprint density at radius 1 is 1.20 bits per heavy atom. The van der Waals surface area contributed by atoms with E-state index in [2.05, 4.69) is 57.6 Å². The molecule has 2 aromatic carbocycles. The Kier molecular flexibility index (Phi) is 4.32. The molecule has 0 aliphatic carbocycles. The van der Waals surface area contributed by atoms with Crippen molar-refractivity contribution in [3.63, 3.8) is 0 Å². The lowest BCUT2D eigenvalue weighted by molar-refractivity contribution is 0.586. The van der Waals surface area contributed by atoms with Gasteiger partial charge in [0.05, 0.1) is 5.69 Å². The number of fused-ring (bicyclic) bond motifs is 1. The lowest BCUT2D eigenvalue weighted by Gasteiger charge is -2.28. The Balaban J connectivity index is 1.67. The van der Waals surface area contributed by atoms with Crippen LogP contribution in [-0.2, 0) is 12.8 Å². The van der Waals surface area contributed by atoms with Gasteiger partial charge >= 0.3 is 0 Å².